The molecule has 0 aliphatic carbocycles. The van der Waals surface area contributed by atoms with E-state index in [0.29, 0.717) is 43.4 Å². The Labute approximate surface area is 176 Å². The first-order valence-electron chi connectivity index (χ1n) is 10.1. The number of amides is 2. The van der Waals surface area contributed by atoms with Crippen molar-refractivity contribution in [2.45, 2.75) is 39.8 Å². The molecule has 0 saturated heterocycles. The molecule has 2 heterocycles. The van der Waals surface area contributed by atoms with Crippen molar-refractivity contribution in [1.82, 2.24) is 15.4 Å². The number of nitrogens with one attached hydrogen (secondary N) is 1. The highest BCUT2D eigenvalue weighted by Crippen LogP contribution is 2.15. The molecule has 0 atom stereocenters. The lowest BCUT2D eigenvalue weighted by molar-refractivity contribution is -0.133. The number of nitrogens with zero attached hydrogens (tertiary/aromatic N) is 2. The molecule has 7 nitrogen and oxygen atoms in total. The van der Waals surface area contributed by atoms with Crippen LogP contribution in [-0.4, -0.2) is 28.4 Å². The molecule has 30 heavy (non-hydrogen) atoms. The fourth-order valence-electron chi connectivity index (χ4n) is 2.95. The van der Waals surface area contributed by atoms with Crippen molar-refractivity contribution in [2.75, 3.05) is 6.54 Å². The van der Waals surface area contributed by atoms with Gasteiger partial charge in [-0.05, 0) is 30.0 Å². The van der Waals surface area contributed by atoms with Crippen LogP contribution in [0.2, 0.25) is 0 Å². The first kappa shape index (κ1) is 21.4. The standard InChI is InChI=1S/C23H27N3O4/c1-17(2)14-24-23(28)21-13-20(30-25-21)16-26(15-19-9-6-12-29-19)22(27)11-10-18-7-4-3-5-8-18/h3-9,12-13,17H,10-11,14-16H2,1-2H3,(H,24,28). The van der Waals surface area contributed by atoms with Crippen LogP contribution >= 0.6 is 0 Å². The minimum absolute atomic E-state index is 0.0301. The zero-order valence-electron chi connectivity index (χ0n) is 17.3. The zero-order chi connectivity index (χ0) is 21.3. The molecule has 0 saturated carbocycles. The van der Waals surface area contributed by atoms with Gasteiger partial charge in [0.25, 0.3) is 5.91 Å². The maximum absolute atomic E-state index is 12.9. The Kier molecular flexibility index (Phi) is 7.43. The van der Waals surface area contributed by atoms with Crippen LogP contribution in [0.1, 0.15) is 47.8 Å². The van der Waals surface area contributed by atoms with Gasteiger partial charge < -0.3 is 19.2 Å². The number of aromatic nitrogens is 1. The van der Waals surface area contributed by atoms with Crippen LogP contribution in [0.3, 0.4) is 0 Å². The fraction of sp³-hybridized carbons (Fsp3) is 0.348. The predicted molar refractivity (Wildman–Crippen MR) is 111 cm³/mol. The average molecular weight is 409 g/mol. The summed E-state index contributed by atoms with van der Waals surface area (Å²) in [5, 5.41) is 6.65. The third-order valence-electron chi connectivity index (χ3n) is 4.56. The second-order valence-corrected chi connectivity index (χ2v) is 7.60. The van der Waals surface area contributed by atoms with E-state index in [0.717, 1.165) is 5.56 Å². The van der Waals surface area contributed by atoms with E-state index in [1.165, 1.54) is 0 Å². The largest absolute Gasteiger partial charge is 0.467 e. The highest BCUT2D eigenvalue weighted by atomic mass is 16.5. The predicted octanol–water partition coefficient (Wildman–Crippen LogP) is 3.82. The van der Waals surface area contributed by atoms with E-state index in [-0.39, 0.29) is 24.1 Å². The van der Waals surface area contributed by atoms with Crippen molar-refractivity contribution >= 4 is 11.8 Å². The average Bonchev–Trinajstić information content (AvgIpc) is 3.43. The Balaban J connectivity index is 1.65. The molecule has 0 fully saturated rings. The van der Waals surface area contributed by atoms with Crippen LogP contribution in [-0.2, 0) is 24.3 Å². The van der Waals surface area contributed by atoms with Crippen LogP contribution < -0.4 is 5.32 Å². The number of hydrogen-bond donors (Lipinski definition) is 1. The molecule has 2 amide bonds. The molecule has 0 aliphatic heterocycles. The molecule has 7 heteroatoms. The van der Waals surface area contributed by atoms with E-state index >= 15 is 0 Å². The second-order valence-electron chi connectivity index (χ2n) is 7.60. The summed E-state index contributed by atoms with van der Waals surface area (Å²) in [7, 11) is 0. The van der Waals surface area contributed by atoms with Crippen LogP contribution in [0.15, 0.2) is 63.7 Å². The first-order chi connectivity index (χ1) is 14.5. The zero-order valence-corrected chi connectivity index (χ0v) is 17.3. The lowest BCUT2D eigenvalue weighted by Crippen LogP contribution is -2.30. The van der Waals surface area contributed by atoms with Crippen molar-refractivity contribution in [3.05, 3.63) is 77.6 Å². The van der Waals surface area contributed by atoms with Gasteiger partial charge in [0.1, 0.15) is 5.76 Å². The van der Waals surface area contributed by atoms with Crippen LogP contribution in [0.5, 0.6) is 0 Å². The van der Waals surface area contributed by atoms with Gasteiger partial charge in [-0.15, -0.1) is 0 Å². The summed E-state index contributed by atoms with van der Waals surface area (Å²) < 4.78 is 10.7. The minimum Gasteiger partial charge on any atom is -0.467 e. The molecule has 1 N–H and O–H groups in total. The number of carbonyl (C=O) groups excluding carboxylic acids is 2. The van der Waals surface area contributed by atoms with Crippen molar-refractivity contribution in [2.24, 2.45) is 5.92 Å². The molecule has 158 valence electrons. The van der Waals surface area contributed by atoms with Gasteiger partial charge in [-0.3, -0.25) is 9.59 Å². The number of furan rings is 1. The molecule has 0 radical (unpaired) electrons. The molecule has 3 aromatic rings. The summed E-state index contributed by atoms with van der Waals surface area (Å²) in [5.41, 5.74) is 1.31. The number of hydrogen-bond acceptors (Lipinski definition) is 5. The molecule has 3 rings (SSSR count). The van der Waals surface area contributed by atoms with Gasteiger partial charge in [0, 0.05) is 19.0 Å². The first-order valence-corrected chi connectivity index (χ1v) is 10.1. The van der Waals surface area contributed by atoms with Crippen molar-refractivity contribution in [1.29, 1.82) is 0 Å². The third kappa shape index (κ3) is 6.34. The van der Waals surface area contributed by atoms with Crippen molar-refractivity contribution in [3.63, 3.8) is 0 Å². The molecule has 0 aliphatic rings. The summed E-state index contributed by atoms with van der Waals surface area (Å²) in [5.74, 6) is 1.15. The van der Waals surface area contributed by atoms with Crippen molar-refractivity contribution < 1.29 is 18.5 Å². The normalized spacial score (nSPS) is 10.9. The van der Waals surface area contributed by atoms with Gasteiger partial charge in [-0.1, -0.05) is 49.3 Å². The Morgan fingerprint density at radius 2 is 1.83 bits per heavy atom. The van der Waals surface area contributed by atoms with Crippen LogP contribution in [0.25, 0.3) is 0 Å². The van der Waals surface area contributed by atoms with E-state index in [1.807, 2.05) is 50.2 Å². The molecule has 2 aromatic heterocycles. The Bertz CT molecular complexity index is 933. The summed E-state index contributed by atoms with van der Waals surface area (Å²) in [6, 6.07) is 15.1. The number of carbonyl (C=O) groups is 2. The second kappa shape index (κ2) is 10.4. The van der Waals surface area contributed by atoms with Crippen molar-refractivity contribution in [3.8, 4) is 0 Å². The van der Waals surface area contributed by atoms with E-state index in [1.54, 1.807) is 23.3 Å². The van der Waals surface area contributed by atoms with E-state index in [4.69, 9.17) is 8.94 Å². The Hall–Kier alpha value is -3.35. The Morgan fingerprint density at radius 1 is 1.07 bits per heavy atom. The smallest absolute Gasteiger partial charge is 0.273 e. The lowest BCUT2D eigenvalue weighted by atomic mass is 10.1. The Morgan fingerprint density at radius 3 is 2.53 bits per heavy atom. The molecule has 0 spiro atoms. The van der Waals surface area contributed by atoms with Gasteiger partial charge in [0.2, 0.25) is 5.91 Å². The van der Waals surface area contributed by atoms with Gasteiger partial charge in [-0.25, -0.2) is 0 Å². The summed E-state index contributed by atoms with van der Waals surface area (Å²) >= 11 is 0. The van der Waals surface area contributed by atoms with Gasteiger partial charge in [0.05, 0.1) is 19.4 Å². The van der Waals surface area contributed by atoms with E-state index < -0.39 is 0 Å². The summed E-state index contributed by atoms with van der Waals surface area (Å²) in [6.45, 7) is 5.11. The van der Waals surface area contributed by atoms with Crippen LogP contribution in [0.4, 0.5) is 0 Å². The number of aryl methyl sites for hydroxylation is 1. The third-order valence-corrected chi connectivity index (χ3v) is 4.56. The van der Waals surface area contributed by atoms with E-state index in [9.17, 15) is 9.59 Å². The summed E-state index contributed by atoms with van der Waals surface area (Å²) in [6.07, 6.45) is 2.59. The molecular weight excluding hydrogens is 382 g/mol. The lowest BCUT2D eigenvalue weighted by Gasteiger charge is -2.20. The molecule has 0 unspecified atom stereocenters. The van der Waals surface area contributed by atoms with Gasteiger partial charge in [0.15, 0.2) is 11.5 Å². The topological polar surface area (TPSA) is 88.6 Å². The fourth-order valence-corrected chi connectivity index (χ4v) is 2.95. The SMILES string of the molecule is CC(C)CNC(=O)c1cc(CN(Cc2ccco2)C(=O)CCc2ccccc2)on1. The maximum Gasteiger partial charge on any atom is 0.273 e. The monoisotopic (exact) mass is 409 g/mol. The number of benzene rings is 1. The highest BCUT2D eigenvalue weighted by molar-refractivity contribution is 5.92. The maximum atomic E-state index is 12.9. The highest BCUT2D eigenvalue weighted by Gasteiger charge is 2.20. The summed E-state index contributed by atoms with van der Waals surface area (Å²) in [4.78, 5) is 26.7. The molecule has 1 aromatic carbocycles. The number of rotatable bonds is 10. The minimum atomic E-state index is -0.285. The quantitative estimate of drug-likeness (QED) is 0.550. The van der Waals surface area contributed by atoms with Crippen LogP contribution in [0, 0.1) is 5.92 Å². The van der Waals surface area contributed by atoms with Gasteiger partial charge in [-0.2, -0.15) is 0 Å². The van der Waals surface area contributed by atoms with Gasteiger partial charge >= 0.3 is 0 Å². The molecule has 0 bridgehead atoms. The molecular formula is C23H27N3O4. The van der Waals surface area contributed by atoms with E-state index in [2.05, 4.69) is 10.5 Å².